The van der Waals surface area contributed by atoms with Gasteiger partial charge in [-0.15, -0.1) is 0 Å². The number of halogens is 4. The van der Waals surface area contributed by atoms with Crippen LogP contribution in [0.3, 0.4) is 0 Å². The number of benzene rings is 1. The number of carbonyl (C=O) groups excluding carboxylic acids is 1. The van der Waals surface area contributed by atoms with Crippen molar-refractivity contribution in [3.05, 3.63) is 53.5 Å². The predicted molar refractivity (Wildman–Crippen MR) is 100 cm³/mol. The Labute approximate surface area is 175 Å². The smallest absolute Gasteiger partial charge is 0.398 e. The topological polar surface area (TPSA) is 85.4 Å². The first-order chi connectivity index (χ1) is 14.4. The van der Waals surface area contributed by atoms with Gasteiger partial charge in [0.2, 0.25) is 5.95 Å². The summed E-state index contributed by atoms with van der Waals surface area (Å²) in [6.45, 7) is 1.67. The largest absolute Gasteiger partial charge is 0.477 e. The van der Waals surface area contributed by atoms with Crippen LogP contribution in [0.1, 0.15) is 36.8 Å². The van der Waals surface area contributed by atoms with Gasteiger partial charge in [-0.1, -0.05) is 18.2 Å². The SMILES string of the molecule is Cc1ccc(C2(C(F)(F)F)CC2)c(OC2(C(=O)NS(=O)(=O)c3cccc(F)n3)CC2)c1. The molecule has 1 heterocycles. The van der Waals surface area contributed by atoms with Gasteiger partial charge >= 0.3 is 6.18 Å². The van der Waals surface area contributed by atoms with Gasteiger partial charge in [0.25, 0.3) is 15.9 Å². The first-order valence-electron chi connectivity index (χ1n) is 9.45. The molecule has 1 N–H and O–H groups in total. The van der Waals surface area contributed by atoms with Gasteiger partial charge in [-0.2, -0.15) is 26.0 Å². The van der Waals surface area contributed by atoms with Crippen LogP contribution in [-0.4, -0.2) is 31.1 Å². The normalized spacial score (nSPS) is 18.9. The lowest BCUT2D eigenvalue weighted by Crippen LogP contribution is -2.44. The number of carbonyl (C=O) groups is 1. The molecule has 11 heteroatoms. The minimum Gasteiger partial charge on any atom is -0.477 e. The van der Waals surface area contributed by atoms with Crippen molar-refractivity contribution < 1.29 is 35.5 Å². The van der Waals surface area contributed by atoms with Crippen molar-refractivity contribution in [1.82, 2.24) is 9.71 Å². The number of nitrogens with one attached hydrogen (secondary N) is 1. The summed E-state index contributed by atoms with van der Waals surface area (Å²) in [6, 6.07) is 7.37. The summed E-state index contributed by atoms with van der Waals surface area (Å²) in [5.41, 5.74) is -3.09. The van der Waals surface area contributed by atoms with E-state index >= 15 is 0 Å². The fourth-order valence-electron chi connectivity index (χ4n) is 3.45. The summed E-state index contributed by atoms with van der Waals surface area (Å²) in [6.07, 6.45) is -4.41. The van der Waals surface area contributed by atoms with Crippen LogP contribution in [0.15, 0.2) is 41.4 Å². The van der Waals surface area contributed by atoms with E-state index in [1.165, 1.54) is 18.2 Å². The van der Waals surface area contributed by atoms with Crippen molar-refractivity contribution in [3.63, 3.8) is 0 Å². The van der Waals surface area contributed by atoms with Gasteiger partial charge in [-0.3, -0.25) is 4.79 Å². The fraction of sp³-hybridized carbons (Fsp3) is 0.400. The van der Waals surface area contributed by atoms with Gasteiger partial charge in [0.15, 0.2) is 10.6 Å². The second-order valence-electron chi connectivity index (χ2n) is 7.91. The number of alkyl halides is 3. The number of nitrogens with zero attached hydrogens (tertiary/aromatic N) is 1. The van der Waals surface area contributed by atoms with Gasteiger partial charge in [-0.05, 0) is 43.5 Å². The summed E-state index contributed by atoms with van der Waals surface area (Å²) in [4.78, 5) is 15.9. The molecule has 0 aliphatic heterocycles. The van der Waals surface area contributed by atoms with E-state index in [9.17, 15) is 30.8 Å². The van der Waals surface area contributed by atoms with Gasteiger partial charge in [-0.25, -0.2) is 9.71 Å². The molecule has 1 amide bonds. The maximum absolute atomic E-state index is 13.7. The molecule has 0 unspecified atom stereocenters. The lowest BCUT2D eigenvalue weighted by molar-refractivity contribution is -0.161. The summed E-state index contributed by atoms with van der Waals surface area (Å²) < 4.78 is 86.5. The van der Waals surface area contributed by atoms with Gasteiger partial charge in [0.05, 0.1) is 5.41 Å². The maximum Gasteiger partial charge on any atom is 0.398 e. The highest BCUT2D eigenvalue weighted by atomic mass is 32.2. The highest BCUT2D eigenvalue weighted by Gasteiger charge is 2.66. The number of sulfonamides is 1. The highest BCUT2D eigenvalue weighted by molar-refractivity contribution is 7.90. The molecule has 2 aromatic rings. The first-order valence-corrected chi connectivity index (χ1v) is 10.9. The van der Waals surface area contributed by atoms with Crippen molar-refractivity contribution in [3.8, 4) is 5.75 Å². The van der Waals surface area contributed by atoms with Crippen LogP contribution in [-0.2, 0) is 20.2 Å². The monoisotopic (exact) mass is 458 g/mol. The molecular weight excluding hydrogens is 440 g/mol. The van der Waals surface area contributed by atoms with Crippen LogP contribution in [0.5, 0.6) is 5.75 Å². The Morgan fingerprint density at radius 1 is 1.13 bits per heavy atom. The fourth-order valence-corrected chi connectivity index (χ4v) is 4.45. The zero-order valence-corrected chi connectivity index (χ0v) is 17.1. The molecule has 0 bridgehead atoms. The molecule has 166 valence electrons. The third kappa shape index (κ3) is 3.86. The minimum absolute atomic E-state index is 0.0701. The van der Waals surface area contributed by atoms with Crippen molar-refractivity contribution in [2.45, 2.75) is 54.8 Å². The van der Waals surface area contributed by atoms with E-state index in [1.807, 2.05) is 0 Å². The van der Waals surface area contributed by atoms with Gasteiger partial charge < -0.3 is 4.74 Å². The van der Waals surface area contributed by atoms with Crippen molar-refractivity contribution in [2.24, 2.45) is 0 Å². The van der Waals surface area contributed by atoms with Crippen molar-refractivity contribution >= 4 is 15.9 Å². The highest BCUT2D eigenvalue weighted by Crippen LogP contribution is 2.61. The minimum atomic E-state index is -4.49. The standard InChI is InChI=1S/C20H18F4N2O4S/c1-12-5-6-13(18(7-8-18)20(22,23)24)14(11-12)30-19(9-10-19)17(27)26-31(28,29)16-4-2-3-15(21)25-16/h2-6,11H,7-10H2,1H3,(H,26,27). The van der Waals surface area contributed by atoms with E-state index in [1.54, 1.807) is 11.6 Å². The average Bonchev–Trinajstić information content (AvgIpc) is 3.56. The molecule has 2 fully saturated rings. The Kier molecular flexibility index (Phi) is 4.80. The maximum atomic E-state index is 13.7. The average molecular weight is 458 g/mol. The Hall–Kier alpha value is -2.69. The number of ether oxygens (including phenoxy) is 1. The lowest BCUT2D eigenvalue weighted by atomic mass is 9.93. The van der Waals surface area contributed by atoms with Crippen LogP contribution in [0.2, 0.25) is 0 Å². The summed E-state index contributed by atoms with van der Waals surface area (Å²) >= 11 is 0. The molecule has 4 rings (SSSR count). The van der Waals surface area contributed by atoms with Crippen LogP contribution in [0.4, 0.5) is 17.6 Å². The van der Waals surface area contributed by atoms with Crippen LogP contribution >= 0.6 is 0 Å². The van der Waals surface area contributed by atoms with E-state index in [-0.39, 0.29) is 37.0 Å². The molecule has 2 aliphatic rings. The van der Waals surface area contributed by atoms with Crippen molar-refractivity contribution in [2.75, 3.05) is 0 Å². The molecule has 6 nitrogen and oxygen atoms in total. The molecule has 2 aliphatic carbocycles. The van der Waals surface area contributed by atoms with Gasteiger partial charge in [0, 0.05) is 18.4 Å². The molecule has 0 radical (unpaired) electrons. The van der Waals surface area contributed by atoms with Gasteiger partial charge in [0.1, 0.15) is 5.75 Å². The number of hydrogen-bond donors (Lipinski definition) is 1. The van der Waals surface area contributed by atoms with Crippen LogP contribution in [0, 0.1) is 12.9 Å². The Morgan fingerprint density at radius 3 is 2.35 bits per heavy atom. The quantitative estimate of drug-likeness (QED) is 0.529. The molecule has 31 heavy (non-hydrogen) atoms. The van der Waals surface area contributed by atoms with E-state index in [0.29, 0.717) is 5.56 Å². The Bertz CT molecular complexity index is 1160. The summed E-state index contributed by atoms with van der Waals surface area (Å²) in [7, 11) is -4.49. The lowest BCUT2D eigenvalue weighted by Gasteiger charge is -2.25. The summed E-state index contributed by atoms with van der Waals surface area (Å²) in [5, 5.41) is -0.693. The second-order valence-corrected chi connectivity index (χ2v) is 9.54. The van der Waals surface area contributed by atoms with Crippen LogP contribution in [0.25, 0.3) is 0 Å². The third-order valence-corrected chi connectivity index (χ3v) is 6.79. The zero-order valence-electron chi connectivity index (χ0n) is 16.3. The van der Waals surface area contributed by atoms with E-state index in [0.717, 1.165) is 18.2 Å². The number of hydrogen-bond acceptors (Lipinski definition) is 5. The van der Waals surface area contributed by atoms with Crippen LogP contribution < -0.4 is 9.46 Å². The van der Waals surface area contributed by atoms with E-state index in [4.69, 9.17) is 4.74 Å². The summed E-state index contributed by atoms with van der Waals surface area (Å²) in [5.74, 6) is -2.18. The number of amides is 1. The van der Waals surface area contributed by atoms with E-state index in [2.05, 4.69) is 4.98 Å². The number of pyridine rings is 1. The zero-order chi connectivity index (χ0) is 22.7. The molecule has 0 atom stereocenters. The molecule has 1 aromatic heterocycles. The molecule has 2 saturated carbocycles. The predicted octanol–water partition coefficient (Wildman–Crippen LogP) is 3.54. The molecular formula is C20H18F4N2O4S. The Balaban J connectivity index is 1.61. The number of aromatic nitrogens is 1. The number of rotatable bonds is 6. The molecule has 0 spiro atoms. The number of aryl methyl sites for hydroxylation is 1. The van der Waals surface area contributed by atoms with E-state index < -0.39 is 44.1 Å². The molecule has 1 aromatic carbocycles. The van der Waals surface area contributed by atoms with Crippen molar-refractivity contribution in [1.29, 1.82) is 0 Å². The Morgan fingerprint density at radius 2 is 1.81 bits per heavy atom. The third-order valence-electron chi connectivity index (χ3n) is 5.56. The molecule has 0 saturated heterocycles. The second kappa shape index (κ2) is 6.91. The first kappa shape index (κ1) is 21.5.